The van der Waals surface area contributed by atoms with Crippen molar-refractivity contribution in [2.75, 3.05) is 25.1 Å². The van der Waals surface area contributed by atoms with E-state index >= 15 is 0 Å². The molecule has 0 radical (unpaired) electrons. The van der Waals surface area contributed by atoms with Gasteiger partial charge in [-0.2, -0.15) is 0 Å². The SMILES string of the molecule is CCC(=O)Nc1ccc(C(=O)COC(=O)c2cc(Cl)c3c(c2)OCCCO3)cc1. The molecule has 0 bridgehead atoms. The van der Waals surface area contributed by atoms with Crippen LogP contribution in [0.3, 0.4) is 0 Å². The third kappa shape index (κ3) is 5.26. The summed E-state index contributed by atoms with van der Waals surface area (Å²) in [5.74, 6) is -0.410. The number of hydrogen-bond donors (Lipinski definition) is 1. The van der Waals surface area contributed by atoms with Crippen molar-refractivity contribution in [3.63, 3.8) is 0 Å². The maximum Gasteiger partial charge on any atom is 0.338 e. The van der Waals surface area contributed by atoms with Crippen LogP contribution < -0.4 is 14.8 Å². The predicted molar refractivity (Wildman–Crippen MR) is 107 cm³/mol. The van der Waals surface area contributed by atoms with Crippen molar-refractivity contribution in [2.24, 2.45) is 0 Å². The Hall–Kier alpha value is -3.06. The average molecular weight is 418 g/mol. The van der Waals surface area contributed by atoms with Gasteiger partial charge in [-0.25, -0.2) is 4.79 Å². The summed E-state index contributed by atoms with van der Waals surface area (Å²) < 4.78 is 16.2. The first-order valence-electron chi connectivity index (χ1n) is 9.17. The standard InChI is InChI=1S/C21H20ClNO6/c1-2-19(25)23-15-6-4-13(5-7-15)17(24)12-29-21(26)14-10-16(22)20-18(11-14)27-8-3-9-28-20/h4-7,10-11H,2-3,8-9,12H2,1H3,(H,23,25). The molecule has 2 aromatic rings. The Balaban J connectivity index is 1.61. The fourth-order valence-electron chi connectivity index (χ4n) is 2.64. The number of halogens is 1. The van der Waals surface area contributed by atoms with E-state index in [9.17, 15) is 14.4 Å². The minimum atomic E-state index is -0.692. The molecule has 1 aliphatic heterocycles. The highest BCUT2D eigenvalue weighted by Gasteiger charge is 2.20. The van der Waals surface area contributed by atoms with Crippen LogP contribution >= 0.6 is 11.6 Å². The number of ketones is 1. The zero-order chi connectivity index (χ0) is 20.8. The Labute approximate surface area is 172 Å². The van der Waals surface area contributed by atoms with Crippen LogP contribution in [-0.4, -0.2) is 37.5 Å². The summed E-state index contributed by atoms with van der Waals surface area (Å²) in [7, 11) is 0. The lowest BCUT2D eigenvalue weighted by atomic mass is 10.1. The van der Waals surface area contributed by atoms with E-state index in [-0.39, 0.29) is 22.3 Å². The number of carbonyl (C=O) groups excluding carboxylic acids is 3. The van der Waals surface area contributed by atoms with Crippen LogP contribution in [0.2, 0.25) is 5.02 Å². The number of anilines is 1. The van der Waals surface area contributed by atoms with Crippen molar-refractivity contribution in [1.29, 1.82) is 0 Å². The summed E-state index contributed by atoms with van der Waals surface area (Å²) in [5.41, 5.74) is 1.13. The van der Waals surface area contributed by atoms with E-state index in [4.69, 9.17) is 25.8 Å². The molecule has 3 rings (SSSR count). The van der Waals surface area contributed by atoms with E-state index in [0.717, 1.165) is 0 Å². The molecule has 1 aliphatic rings. The summed E-state index contributed by atoms with van der Waals surface area (Å²) >= 11 is 6.17. The fourth-order valence-corrected chi connectivity index (χ4v) is 2.90. The van der Waals surface area contributed by atoms with E-state index < -0.39 is 12.6 Å². The molecule has 0 fully saturated rings. The van der Waals surface area contributed by atoms with Crippen LogP contribution in [0.1, 0.15) is 40.5 Å². The van der Waals surface area contributed by atoms with Gasteiger partial charge in [-0.15, -0.1) is 0 Å². The van der Waals surface area contributed by atoms with Gasteiger partial charge in [0.1, 0.15) is 0 Å². The van der Waals surface area contributed by atoms with Gasteiger partial charge in [0, 0.05) is 24.1 Å². The van der Waals surface area contributed by atoms with E-state index in [2.05, 4.69) is 5.32 Å². The smallest absolute Gasteiger partial charge is 0.338 e. The molecular weight excluding hydrogens is 398 g/mol. The van der Waals surface area contributed by atoms with Crippen molar-refractivity contribution in [3.8, 4) is 11.5 Å². The molecule has 0 saturated heterocycles. The van der Waals surface area contributed by atoms with E-state index in [1.54, 1.807) is 31.2 Å². The number of nitrogens with one attached hydrogen (secondary N) is 1. The number of amides is 1. The van der Waals surface area contributed by atoms with E-state index in [0.29, 0.717) is 48.8 Å². The van der Waals surface area contributed by atoms with Crippen LogP contribution in [0.5, 0.6) is 11.5 Å². The lowest BCUT2D eigenvalue weighted by molar-refractivity contribution is -0.115. The maximum absolute atomic E-state index is 12.3. The molecule has 0 unspecified atom stereocenters. The number of hydrogen-bond acceptors (Lipinski definition) is 6. The van der Waals surface area contributed by atoms with Crippen molar-refractivity contribution in [2.45, 2.75) is 19.8 Å². The van der Waals surface area contributed by atoms with Crippen molar-refractivity contribution in [1.82, 2.24) is 0 Å². The molecule has 0 aromatic heterocycles. The van der Waals surface area contributed by atoms with Crippen LogP contribution in [0.4, 0.5) is 5.69 Å². The number of fused-ring (bicyclic) bond motifs is 1. The van der Waals surface area contributed by atoms with Gasteiger partial charge >= 0.3 is 5.97 Å². The number of esters is 1. The quantitative estimate of drug-likeness (QED) is 0.566. The second-order valence-electron chi connectivity index (χ2n) is 6.31. The molecule has 152 valence electrons. The van der Waals surface area contributed by atoms with Gasteiger partial charge in [-0.05, 0) is 36.4 Å². The number of carbonyl (C=O) groups is 3. The molecule has 1 N–H and O–H groups in total. The number of benzene rings is 2. The van der Waals surface area contributed by atoms with Gasteiger partial charge in [-0.3, -0.25) is 9.59 Å². The zero-order valence-corrected chi connectivity index (χ0v) is 16.6. The highest BCUT2D eigenvalue weighted by Crippen LogP contribution is 2.38. The maximum atomic E-state index is 12.3. The largest absolute Gasteiger partial charge is 0.489 e. The summed E-state index contributed by atoms with van der Waals surface area (Å²) in [6, 6.07) is 9.27. The average Bonchev–Trinajstić information content (AvgIpc) is 2.98. The van der Waals surface area contributed by atoms with Crippen LogP contribution in [0, 0.1) is 0 Å². The third-order valence-corrected chi connectivity index (χ3v) is 4.46. The van der Waals surface area contributed by atoms with Gasteiger partial charge < -0.3 is 19.5 Å². The number of Topliss-reactive ketones (excluding diaryl/α,β-unsaturated/α-hetero) is 1. The second-order valence-corrected chi connectivity index (χ2v) is 6.72. The molecule has 29 heavy (non-hydrogen) atoms. The van der Waals surface area contributed by atoms with Gasteiger partial charge in [-0.1, -0.05) is 18.5 Å². The highest BCUT2D eigenvalue weighted by molar-refractivity contribution is 6.32. The first kappa shape index (κ1) is 20.7. The van der Waals surface area contributed by atoms with Crippen LogP contribution in [-0.2, 0) is 9.53 Å². The Bertz CT molecular complexity index is 926. The van der Waals surface area contributed by atoms with Crippen LogP contribution in [0.15, 0.2) is 36.4 Å². The molecule has 0 spiro atoms. The first-order valence-corrected chi connectivity index (χ1v) is 9.55. The topological polar surface area (TPSA) is 90.9 Å². The first-order chi connectivity index (χ1) is 14.0. The van der Waals surface area contributed by atoms with Gasteiger partial charge in [0.15, 0.2) is 23.9 Å². The van der Waals surface area contributed by atoms with Gasteiger partial charge in [0.2, 0.25) is 5.91 Å². The lowest BCUT2D eigenvalue weighted by Crippen LogP contribution is -2.15. The minimum absolute atomic E-state index is 0.119. The number of ether oxygens (including phenoxy) is 3. The molecular formula is C21H20ClNO6. The summed E-state index contributed by atoms with van der Waals surface area (Å²) in [6.07, 6.45) is 1.07. The van der Waals surface area contributed by atoms with E-state index in [1.807, 2.05) is 0 Å². The Morgan fingerprint density at radius 2 is 1.79 bits per heavy atom. The lowest BCUT2D eigenvalue weighted by Gasteiger charge is -2.11. The second kappa shape index (κ2) is 9.43. The zero-order valence-electron chi connectivity index (χ0n) is 15.8. The van der Waals surface area contributed by atoms with Crippen molar-refractivity contribution >= 4 is 34.9 Å². The molecule has 1 amide bonds. The van der Waals surface area contributed by atoms with Gasteiger partial charge in [0.25, 0.3) is 0 Å². The number of rotatable bonds is 6. The van der Waals surface area contributed by atoms with Gasteiger partial charge in [0.05, 0.1) is 23.8 Å². The van der Waals surface area contributed by atoms with Crippen LogP contribution in [0.25, 0.3) is 0 Å². The summed E-state index contributed by atoms with van der Waals surface area (Å²) in [5, 5.41) is 2.94. The monoisotopic (exact) mass is 417 g/mol. The Morgan fingerprint density at radius 3 is 2.52 bits per heavy atom. The predicted octanol–water partition coefficient (Wildman–Crippen LogP) is 3.89. The summed E-state index contributed by atoms with van der Waals surface area (Å²) in [4.78, 5) is 36.0. The molecule has 0 atom stereocenters. The molecule has 0 saturated carbocycles. The minimum Gasteiger partial charge on any atom is -0.489 e. The fraction of sp³-hybridized carbons (Fsp3) is 0.286. The third-order valence-electron chi connectivity index (χ3n) is 4.18. The van der Waals surface area contributed by atoms with Crippen molar-refractivity contribution < 1.29 is 28.6 Å². The Morgan fingerprint density at radius 1 is 1.07 bits per heavy atom. The molecule has 1 heterocycles. The normalized spacial score (nSPS) is 12.6. The Kier molecular flexibility index (Phi) is 6.72. The molecule has 2 aromatic carbocycles. The van der Waals surface area contributed by atoms with E-state index in [1.165, 1.54) is 12.1 Å². The summed E-state index contributed by atoms with van der Waals surface area (Å²) in [6.45, 7) is 2.25. The molecule has 8 heteroatoms. The highest BCUT2D eigenvalue weighted by atomic mass is 35.5. The molecule has 7 nitrogen and oxygen atoms in total. The van der Waals surface area contributed by atoms with Crippen molar-refractivity contribution in [3.05, 3.63) is 52.5 Å². The molecule has 0 aliphatic carbocycles.